The fraction of sp³-hybridized carbons (Fsp3) is 0.400. The van der Waals surface area contributed by atoms with E-state index in [1.54, 1.807) is 28.8 Å². The summed E-state index contributed by atoms with van der Waals surface area (Å²) < 4.78 is 4.19. The van der Waals surface area contributed by atoms with Gasteiger partial charge in [-0.2, -0.15) is 10.2 Å². The van der Waals surface area contributed by atoms with E-state index >= 15 is 0 Å². The maximum absolute atomic E-state index is 10.3. The molecule has 0 aliphatic rings. The molecule has 0 aliphatic heterocycles. The molecular weight excluding hydrogens is 272 g/mol. The van der Waals surface area contributed by atoms with Crippen LogP contribution in [0.5, 0.6) is 0 Å². The van der Waals surface area contributed by atoms with Crippen LogP contribution in [0.3, 0.4) is 0 Å². The van der Waals surface area contributed by atoms with E-state index < -0.39 is 6.10 Å². The van der Waals surface area contributed by atoms with E-state index in [2.05, 4.69) is 26.1 Å². The third kappa shape index (κ3) is 1.68. The lowest BCUT2D eigenvalue weighted by atomic mass is 10.1. The van der Waals surface area contributed by atoms with Gasteiger partial charge in [-0.3, -0.25) is 9.36 Å². The zero-order valence-electron chi connectivity index (χ0n) is 9.35. The SMILES string of the molecule is Cc1c(C(O)c2c(Br)cnn2C)cnn1C. The van der Waals surface area contributed by atoms with Gasteiger partial charge in [-0.15, -0.1) is 0 Å². The summed E-state index contributed by atoms with van der Waals surface area (Å²) in [6.07, 6.45) is 2.64. The average molecular weight is 285 g/mol. The first-order valence-electron chi connectivity index (χ1n) is 4.86. The Hall–Kier alpha value is -1.14. The molecular formula is C10H13BrN4O. The zero-order valence-corrected chi connectivity index (χ0v) is 10.9. The van der Waals surface area contributed by atoms with E-state index in [-0.39, 0.29) is 0 Å². The molecule has 0 aliphatic carbocycles. The van der Waals surface area contributed by atoms with Crippen molar-refractivity contribution in [3.05, 3.63) is 33.8 Å². The van der Waals surface area contributed by atoms with Crippen LogP contribution in [-0.4, -0.2) is 24.7 Å². The van der Waals surface area contributed by atoms with Crippen LogP contribution >= 0.6 is 15.9 Å². The normalized spacial score (nSPS) is 13.1. The van der Waals surface area contributed by atoms with E-state index in [4.69, 9.17) is 0 Å². The number of hydrogen-bond acceptors (Lipinski definition) is 3. The fourth-order valence-electron chi connectivity index (χ4n) is 1.66. The lowest BCUT2D eigenvalue weighted by Crippen LogP contribution is -2.08. The first-order valence-corrected chi connectivity index (χ1v) is 5.65. The highest BCUT2D eigenvalue weighted by atomic mass is 79.9. The van der Waals surface area contributed by atoms with E-state index in [9.17, 15) is 5.11 Å². The van der Waals surface area contributed by atoms with Crippen LogP contribution < -0.4 is 0 Å². The monoisotopic (exact) mass is 284 g/mol. The summed E-state index contributed by atoms with van der Waals surface area (Å²) in [7, 11) is 3.65. The van der Waals surface area contributed by atoms with E-state index in [0.717, 1.165) is 21.4 Å². The molecule has 0 fully saturated rings. The lowest BCUT2D eigenvalue weighted by Gasteiger charge is -2.11. The summed E-state index contributed by atoms with van der Waals surface area (Å²) in [6.45, 7) is 1.93. The largest absolute Gasteiger partial charge is 0.382 e. The molecule has 0 saturated carbocycles. The molecule has 0 amide bonds. The highest BCUT2D eigenvalue weighted by Gasteiger charge is 2.21. The standard InChI is InChI=1S/C10H13BrN4O/c1-6-7(4-12-14(6)2)10(16)9-8(11)5-13-15(9)3/h4-5,10,16H,1-3H3. The molecule has 2 aromatic heterocycles. The lowest BCUT2D eigenvalue weighted by molar-refractivity contribution is 0.208. The van der Waals surface area contributed by atoms with E-state index in [0.29, 0.717) is 0 Å². The van der Waals surface area contributed by atoms with Crippen LogP contribution in [-0.2, 0) is 14.1 Å². The van der Waals surface area contributed by atoms with Crippen LogP contribution in [0.2, 0.25) is 0 Å². The third-order valence-electron chi connectivity index (χ3n) is 2.76. The van der Waals surface area contributed by atoms with Crippen LogP contribution in [0, 0.1) is 6.92 Å². The van der Waals surface area contributed by atoms with Crippen LogP contribution in [0.1, 0.15) is 23.1 Å². The van der Waals surface area contributed by atoms with Gasteiger partial charge < -0.3 is 5.11 Å². The molecule has 1 N–H and O–H groups in total. The van der Waals surface area contributed by atoms with Gasteiger partial charge in [0.15, 0.2) is 0 Å². The molecule has 2 aromatic rings. The molecule has 86 valence electrons. The minimum Gasteiger partial charge on any atom is -0.382 e. The number of aromatic nitrogens is 4. The van der Waals surface area contributed by atoms with Crippen molar-refractivity contribution in [2.24, 2.45) is 14.1 Å². The average Bonchev–Trinajstić information content (AvgIpc) is 2.73. The molecule has 0 aromatic carbocycles. The number of nitrogens with zero attached hydrogens (tertiary/aromatic N) is 4. The molecule has 1 atom stereocenters. The second-order valence-electron chi connectivity index (χ2n) is 3.71. The molecule has 6 heteroatoms. The van der Waals surface area contributed by atoms with Gasteiger partial charge in [0.2, 0.25) is 0 Å². The predicted molar refractivity (Wildman–Crippen MR) is 62.9 cm³/mol. The van der Waals surface area contributed by atoms with Gasteiger partial charge in [-0.1, -0.05) is 0 Å². The highest BCUT2D eigenvalue weighted by Crippen LogP contribution is 2.29. The fourth-order valence-corrected chi connectivity index (χ4v) is 2.22. The smallest absolute Gasteiger partial charge is 0.125 e. The number of aliphatic hydroxyl groups is 1. The Morgan fingerprint density at radius 1 is 1.25 bits per heavy atom. The molecule has 0 bridgehead atoms. The minimum atomic E-state index is -0.712. The third-order valence-corrected chi connectivity index (χ3v) is 3.38. The van der Waals surface area contributed by atoms with Crippen molar-refractivity contribution in [2.75, 3.05) is 0 Å². The molecule has 0 saturated heterocycles. The Kier molecular flexibility index (Phi) is 2.86. The quantitative estimate of drug-likeness (QED) is 0.905. The number of halogens is 1. The van der Waals surface area contributed by atoms with E-state index in [1.807, 2.05) is 14.0 Å². The zero-order chi connectivity index (χ0) is 11.9. The molecule has 16 heavy (non-hydrogen) atoms. The Labute approximate surface area is 102 Å². The van der Waals surface area contributed by atoms with Gasteiger partial charge in [-0.25, -0.2) is 0 Å². The summed E-state index contributed by atoms with van der Waals surface area (Å²) in [5.74, 6) is 0. The van der Waals surface area contributed by atoms with Crippen molar-refractivity contribution in [2.45, 2.75) is 13.0 Å². The minimum absolute atomic E-state index is 0.712. The maximum Gasteiger partial charge on any atom is 0.125 e. The second-order valence-corrected chi connectivity index (χ2v) is 4.57. The summed E-state index contributed by atoms with van der Waals surface area (Å²) in [5, 5.41) is 18.5. The Morgan fingerprint density at radius 3 is 2.31 bits per heavy atom. The molecule has 2 rings (SSSR count). The first-order chi connectivity index (χ1) is 7.52. The summed E-state index contributed by atoms with van der Waals surface area (Å²) in [4.78, 5) is 0. The Balaban J connectivity index is 2.47. The number of aryl methyl sites for hydroxylation is 2. The topological polar surface area (TPSA) is 55.9 Å². The van der Waals surface area contributed by atoms with Gasteiger partial charge in [0, 0.05) is 25.4 Å². The molecule has 5 nitrogen and oxygen atoms in total. The van der Waals surface area contributed by atoms with Crippen LogP contribution in [0.4, 0.5) is 0 Å². The predicted octanol–water partition coefficient (Wildman–Crippen LogP) is 1.31. The second kappa shape index (κ2) is 4.03. The summed E-state index contributed by atoms with van der Waals surface area (Å²) >= 11 is 3.38. The number of hydrogen-bond donors (Lipinski definition) is 1. The van der Waals surface area contributed by atoms with Crippen molar-refractivity contribution >= 4 is 15.9 Å². The maximum atomic E-state index is 10.3. The first kappa shape index (κ1) is 11.3. The number of rotatable bonds is 2. The van der Waals surface area contributed by atoms with Gasteiger partial charge >= 0.3 is 0 Å². The molecule has 2 heterocycles. The molecule has 0 spiro atoms. The van der Waals surface area contributed by atoms with Crippen molar-refractivity contribution in [1.29, 1.82) is 0 Å². The molecule has 0 radical (unpaired) electrons. The van der Waals surface area contributed by atoms with Gasteiger partial charge in [0.1, 0.15) is 6.10 Å². The van der Waals surface area contributed by atoms with Gasteiger partial charge in [-0.05, 0) is 22.9 Å². The van der Waals surface area contributed by atoms with Crippen molar-refractivity contribution < 1.29 is 5.11 Å². The Bertz CT molecular complexity index is 497. The summed E-state index contributed by atoms with van der Waals surface area (Å²) in [6, 6.07) is 0. The van der Waals surface area contributed by atoms with Crippen molar-refractivity contribution in [3.8, 4) is 0 Å². The Morgan fingerprint density at radius 2 is 1.88 bits per heavy atom. The summed E-state index contributed by atoms with van der Waals surface area (Å²) in [5.41, 5.74) is 2.48. The van der Waals surface area contributed by atoms with Crippen molar-refractivity contribution in [1.82, 2.24) is 19.6 Å². The highest BCUT2D eigenvalue weighted by molar-refractivity contribution is 9.10. The van der Waals surface area contributed by atoms with Crippen LogP contribution in [0.25, 0.3) is 0 Å². The van der Waals surface area contributed by atoms with E-state index in [1.165, 1.54) is 0 Å². The van der Waals surface area contributed by atoms with Gasteiger partial charge in [0.25, 0.3) is 0 Å². The van der Waals surface area contributed by atoms with Crippen LogP contribution in [0.15, 0.2) is 16.9 Å². The number of aliphatic hydroxyl groups excluding tert-OH is 1. The van der Waals surface area contributed by atoms with Crippen molar-refractivity contribution in [3.63, 3.8) is 0 Å². The van der Waals surface area contributed by atoms with Gasteiger partial charge in [0.05, 0.1) is 22.6 Å². The molecule has 1 unspecified atom stereocenters.